The standard InChI is InChI=1S/C13H24N2/c1-3-7-13-8-5-6-11-15(13)12-10-14-9-4-2/h2,13-14H,3,5-12H2,1H3. The molecule has 0 aromatic rings. The highest BCUT2D eigenvalue weighted by Crippen LogP contribution is 2.19. The van der Waals surface area contributed by atoms with E-state index in [1.165, 1.54) is 38.6 Å². The van der Waals surface area contributed by atoms with E-state index in [1.807, 2.05) is 0 Å². The van der Waals surface area contributed by atoms with Gasteiger partial charge in [0, 0.05) is 19.1 Å². The zero-order chi connectivity index (χ0) is 10.9. The van der Waals surface area contributed by atoms with Gasteiger partial charge in [-0.25, -0.2) is 0 Å². The minimum atomic E-state index is 0.701. The van der Waals surface area contributed by atoms with Gasteiger partial charge in [-0.05, 0) is 25.8 Å². The highest BCUT2D eigenvalue weighted by atomic mass is 15.2. The minimum absolute atomic E-state index is 0.701. The zero-order valence-electron chi connectivity index (χ0n) is 9.97. The molecule has 1 aliphatic heterocycles. The molecule has 15 heavy (non-hydrogen) atoms. The first-order chi connectivity index (χ1) is 7.38. The summed E-state index contributed by atoms with van der Waals surface area (Å²) in [6, 6.07) is 0.830. The summed E-state index contributed by atoms with van der Waals surface area (Å²) >= 11 is 0. The molecule has 0 saturated carbocycles. The van der Waals surface area contributed by atoms with Crippen LogP contribution in [-0.4, -0.2) is 37.1 Å². The van der Waals surface area contributed by atoms with Gasteiger partial charge < -0.3 is 5.32 Å². The predicted molar refractivity (Wildman–Crippen MR) is 65.8 cm³/mol. The van der Waals surface area contributed by atoms with Gasteiger partial charge in [-0.3, -0.25) is 4.90 Å². The molecule has 1 heterocycles. The van der Waals surface area contributed by atoms with E-state index >= 15 is 0 Å². The van der Waals surface area contributed by atoms with E-state index in [1.54, 1.807) is 0 Å². The Morgan fingerprint density at radius 2 is 2.33 bits per heavy atom. The maximum atomic E-state index is 5.20. The molecule has 0 aromatic carbocycles. The number of nitrogens with one attached hydrogen (secondary N) is 1. The number of rotatable bonds is 6. The fraction of sp³-hybridized carbons (Fsp3) is 0.846. The fourth-order valence-electron chi connectivity index (χ4n) is 2.40. The number of nitrogens with zero attached hydrogens (tertiary/aromatic N) is 1. The Morgan fingerprint density at radius 1 is 1.47 bits per heavy atom. The normalized spacial score (nSPS) is 22.5. The molecule has 0 amide bonds. The van der Waals surface area contributed by atoms with Crippen molar-refractivity contribution in [1.82, 2.24) is 10.2 Å². The lowest BCUT2D eigenvalue weighted by Crippen LogP contribution is -2.43. The van der Waals surface area contributed by atoms with Crippen LogP contribution in [0.15, 0.2) is 0 Å². The van der Waals surface area contributed by atoms with Crippen molar-refractivity contribution in [2.24, 2.45) is 0 Å². The Balaban J connectivity index is 2.20. The Morgan fingerprint density at radius 3 is 3.07 bits per heavy atom. The second-order valence-electron chi connectivity index (χ2n) is 4.36. The molecule has 2 heteroatoms. The van der Waals surface area contributed by atoms with Crippen molar-refractivity contribution in [1.29, 1.82) is 0 Å². The fourth-order valence-corrected chi connectivity index (χ4v) is 2.40. The largest absolute Gasteiger partial charge is 0.305 e. The maximum Gasteiger partial charge on any atom is 0.0574 e. The van der Waals surface area contributed by atoms with Gasteiger partial charge in [-0.1, -0.05) is 25.7 Å². The average Bonchev–Trinajstić information content (AvgIpc) is 2.27. The SMILES string of the molecule is C#CCNCCN1CCCCC1CCC. The molecule has 0 aliphatic carbocycles. The van der Waals surface area contributed by atoms with Crippen LogP contribution in [0.3, 0.4) is 0 Å². The minimum Gasteiger partial charge on any atom is -0.305 e. The number of piperidine rings is 1. The number of terminal acetylenes is 1. The maximum absolute atomic E-state index is 5.20. The molecule has 1 unspecified atom stereocenters. The van der Waals surface area contributed by atoms with Crippen LogP contribution in [0.2, 0.25) is 0 Å². The van der Waals surface area contributed by atoms with Crippen molar-refractivity contribution in [2.45, 2.75) is 45.1 Å². The molecule has 1 rings (SSSR count). The summed E-state index contributed by atoms with van der Waals surface area (Å²) in [5.41, 5.74) is 0. The zero-order valence-corrected chi connectivity index (χ0v) is 9.97. The Kier molecular flexibility index (Phi) is 6.47. The van der Waals surface area contributed by atoms with Crippen LogP contribution in [-0.2, 0) is 0 Å². The van der Waals surface area contributed by atoms with E-state index in [-0.39, 0.29) is 0 Å². The predicted octanol–water partition coefficient (Wildman–Crippen LogP) is 1.86. The summed E-state index contributed by atoms with van der Waals surface area (Å²) < 4.78 is 0. The van der Waals surface area contributed by atoms with Crippen molar-refractivity contribution in [2.75, 3.05) is 26.2 Å². The monoisotopic (exact) mass is 208 g/mol. The lowest BCUT2D eigenvalue weighted by molar-refractivity contribution is 0.141. The first-order valence-corrected chi connectivity index (χ1v) is 6.26. The van der Waals surface area contributed by atoms with Crippen molar-refractivity contribution in [3.63, 3.8) is 0 Å². The molecular weight excluding hydrogens is 184 g/mol. The van der Waals surface area contributed by atoms with Crippen molar-refractivity contribution in [3.8, 4) is 12.3 Å². The highest BCUT2D eigenvalue weighted by molar-refractivity contribution is 4.86. The lowest BCUT2D eigenvalue weighted by Gasteiger charge is -2.35. The van der Waals surface area contributed by atoms with Crippen LogP contribution in [0.1, 0.15) is 39.0 Å². The summed E-state index contributed by atoms with van der Waals surface area (Å²) in [4.78, 5) is 2.64. The molecule has 0 spiro atoms. The van der Waals surface area contributed by atoms with Gasteiger partial charge in [0.15, 0.2) is 0 Å². The molecule has 1 atom stereocenters. The molecule has 1 saturated heterocycles. The summed E-state index contributed by atoms with van der Waals surface area (Å²) in [5.74, 6) is 2.61. The Hall–Kier alpha value is -0.520. The second kappa shape index (κ2) is 7.73. The molecule has 1 aliphatic rings. The van der Waals surface area contributed by atoms with Crippen molar-refractivity contribution >= 4 is 0 Å². The van der Waals surface area contributed by atoms with Crippen LogP contribution in [0.5, 0.6) is 0 Å². The van der Waals surface area contributed by atoms with Crippen molar-refractivity contribution < 1.29 is 0 Å². The van der Waals surface area contributed by atoms with Gasteiger partial charge >= 0.3 is 0 Å². The number of hydrogen-bond acceptors (Lipinski definition) is 2. The quantitative estimate of drug-likeness (QED) is 0.529. The summed E-state index contributed by atoms with van der Waals surface area (Å²) in [5, 5.41) is 3.27. The van der Waals surface area contributed by atoms with E-state index in [4.69, 9.17) is 6.42 Å². The summed E-state index contributed by atoms with van der Waals surface area (Å²) in [7, 11) is 0. The second-order valence-corrected chi connectivity index (χ2v) is 4.36. The average molecular weight is 208 g/mol. The summed E-state index contributed by atoms with van der Waals surface area (Å²) in [6.45, 7) is 6.45. The van der Waals surface area contributed by atoms with Gasteiger partial charge in [0.2, 0.25) is 0 Å². The van der Waals surface area contributed by atoms with Gasteiger partial charge in [-0.15, -0.1) is 6.42 Å². The molecule has 86 valence electrons. The van der Waals surface area contributed by atoms with Crippen LogP contribution < -0.4 is 5.32 Å². The van der Waals surface area contributed by atoms with Gasteiger partial charge in [0.05, 0.1) is 6.54 Å². The topological polar surface area (TPSA) is 15.3 Å². The van der Waals surface area contributed by atoms with E-state index in [9.17, 15) is 0 Å². The third kappa shape index (κ3) is 4.68. The van der Waals surface area contributed by atoms with Crippen LogP contribution in [0.4, 0.5) is 0 Å². The first kappa shape index (κ1) is 12.5. The lowest BCUT2D eigenvalue weighted by atomic mass is 9.98. The molecule has 2 nitrogen and oxygen atoms in total. The van der Waals surface area contributed by atoms with E-state index in [0.29, 0.717) is 6.54 Å². The molecular formula is C13H24N2. The Labute approximate surface area is 94.4 Å². The third-order valence-corrected chi connectivity index (χ3v) is 3.17. The Bertz CT molecular complexity index is 193. The van der Waals surface area contributed by atoms with E-state index in [2.05, 4.69) is 23.1 Å². The van der Waals surface area contributed by atoms with Crippen molar-refractivity contribution in [3.05, 3.63) is 0 Å². The smallest absolute Gasteiger partial charge is 0.0574 e. The van der Waals surface area contributed by atoms with Gasteiger partial charge in [-0.2, -0.15) is 0 Å². The van der Waals surface area contributed by atoms with Gasteiger partial charge in [0.1, 0.15) is 0 Å². The first-order valence-electron chi connectivity index (χ1n) is 6.26. The van der Waals surface area contributed by atoms with E-state index in [0.717, 1.165) is 19.1 Å². The molecule has 1 fully saturated rings. The van der Waals surface area contributed by atoms with Crippen LogP contribution >= 0.6 is 0 Å². The van der Waals surface area contributed by atoms with E-state index < -0.39 is 0 Å². The van der Waals surface area contributed by atoms with Gasteiger partial charge in [0.25, 0.3) is 0 Å². The molecule has 1 N–H and O–H groups in total. The molecule has 0 bridgehead atoms. The van der Waals surface area contributed by atoms with Crippen LogP contribution in [0.25, 0.3) is 0 Å². The third-order valence-electron chi connectivity index (χ3n) is 3.17. The molecule has 0 aromatic heterocycles. The van der Waals surface area contributed by atoms with Crippen LogP contribution in [0, 0.1) is 12.3 Å². The summed E-state index contributed by atoms with van der Waals surface area (Å²) in [6.07, 6.45) is 12.0. The molecule has 0 radical (unpaired) electrons. The number of hydrogen-bond donors (Lipinski definition) is 1. The number of likely N-dealkylation sites (tertiary alicyclic amines) is 1. The highest BCUT2D eigenvalue weighted by Gasteiger charge is 2.20.